The molecule has 2 atom stereocenters. The van der Waals surface area contributed by atoms with Crippen LogP contribution in [0.15, 0.2) is 0 Å². The number of carbonyl (C=O) groups excluding carboxylic acids is 2. The third-order valence-electron chi connectivity index (χ3n) is 4.33. The highest BCUT2D eigenvalue weighted by atomic mass is 16.4. The van der Waals surface area contributed by atoms with Crippen LogP contribution in [-0.2, 0) is 9.59 Å². The van der Waals surface area contributed by atoms with E-state index in [1.807, 2.05) is 11.8 Å². The summed E-state index contributed by atoms with van der Waals surface area (Å²) >= 11 is 0. The van der Waals surface area contributed by atoms with Crippen LogP contribution < -0.4 is 0 Å². The van der Waals surface area contributed by atoms with Gasteiger partial charge in [0, 0.05) is 45.2 Å². The normalized spacial score (nSPS) is 23.0. The Balaban J connectivity index is 1.95. The van der Waals surface area contributed by atoms with Gasteiger partial charge in [0.25, 0.3) is 0 Å². The standard InChI is InChI=1S/C14H23N3O4/c1-3-15(8-10(2)13(19)20)14(21)16-6-7-17-11(9-16)4-5-12(17)18/h10-11H,3-9H2,1-2H3,(H,19,20). The third-order valence-corrected chi connectivity index (χ3v) is 4.33. The lowest BCUT2D eigenvalue weighted by atomic mass is 10.1. The zero-order valence-electron chi connectivity index (χ0n) is 12.6. The summed E-state index contributed by atoms with van der Waals surface area (Å²) in [5.74, 6) is -1.30. The van der Waals surface area contributed by atoms with Crippen LogP contribution >= 0.6 is 0 Å². The number of aliphatic carboxylic acids is 1. The Hall–Kier alpha value is -1.79. The molecule has 2 rings (SSSR count). The minimum atomic E-state index is -0.896. The first kappa shape index (κ1) is 15.6. The number of carbonyl (C=O) groups is 3. The molecule has 7 nitrogen and oxygen atoms in total. The van der Waals surface area contributed by atoms with E-state index in [0.717, 1.165) is 6.42 Å². The number of carboxylic acids is 1. The molecule has 2 aliphatic heterocycles. The number of piperazine rings is 1. The maximum absolute atomic E-state index is 12.5. The van der Waals surface area contributed by atoms with Gasteiger partial charge in [0.2, 0.25) is 5.91 Å². The minimum absolute atomic E-state index is 0.121. The van der Waals surface area contributed by atoms with E-state index in [1.165, 1.54) is 0 Å². The maximum atomic E-state index is 12.5. The molecule has 0 spiro atoms. The summed E-state index contributed by atoms with van der Waals surface area (Å²) in [4.78, 5) is 40.3. The predicted octanol–water partition coefficient (Wildman–Crippen LogP) is 0.456. The molecular formula is C14H23N3O4. The van der Waals surface area contributed by atoms with E-state index < -0.39 is 11.9 Å². The fourth-order valence-corrected chi connectivity index (χ4v) is 2.99. The zero-order valence-corrected chi connectivity index (χ0v) is 12.6. The van der Waals surface area contributed by atoms with E-state index in [1.54, 1.807) is 16.7 Å². The summed E-state index contributed by atoms with van der Waals surface area (Å²) in [5, 5.41) is 8.98. The van der Waals surface area contributed by atoms with Gasteiger partial charge >= 0.3 is 12.0 Å². The molecule has 0 aromatic carbocycles. The fraction of sp³-hybridized carbons (Fsp3) is 0.786. The largest absolute Gasteiger partial charge is 0.481 e. The highest BCUT2D eigenvalue weighted by Gasteiger charge is 2.37. The number of amides is 3. The number of rotatable bonds is 4. The van der Waals surface area contributed by atoms with Crippen molar-refractivity contribution in [1.29, 1.82) is 0 Å². The van der Waals surface area contributed by atoms with Crippen LogP contribution in [0.25, 0.3) is 0 Å². The molecule has 0 aromatic rings. The molecule has 7 heteroatoms. The second-order valence-corrected chi connectivity index (χ2v) is 5.79. The maximum Gasteiger partial charge on any atom is 0.320 e. The predicted molar refractivity (Wildman–Crippen MR) is 75.8 cm³/mol. The third kappa shape index (κ3) is 3.28. The Bertz CT molecular complexity index is 440. The number of carboxylic acid groups (broad SMARTS) is 1. The summed E-state index contributed by atoms with van der Waals surface area (Å²) in [5.41, 5.74) is 0. The van der Waals surface area contributed by atoms with Gasteiger partial charge in [-0.25, -0.2) is 4.79 Å². The van der Waals surface area contributed by atoms with Crippen molar-refractivity contribution in [3.63, 3.8) is 0 Å². The summed E-state index contributed by atoms with van der Waals surface area (Å²) in [7, 11) is 0. The summed E-state index contributed by atoms with van der Waals surface area (Å²) in [6.45, 7) is 5.82. The molecule has 0 radical (unpaired) electrons. The van der Waals surface area contributed by atoms with E-state index in [4.69, 9.17) is 5.11 Å². The average Bonchev–Trinajstić information content (AvgIpc) is 2.84. The highest BCUT2D eigenvalue weighted by Crippen LogP contribution is 2.23. The zero-order chi connectivity index (χ0) is 15.6. The number of fused-ring (bicyclic) bond motifs is 1. The molecule has 118 valence electrons. The summed E-state index contributed by atoms with van der Waals surface area (Å²) in [6, 6.07) is 0.00963. The molecule has 0 aliphatic carbocycles. The van der Waals surface area contributed by atoms with Gasteiger partial charge in [-0.05, 0) is 13.3 Å². The molecule has 1 N–H and O–H groups in total. The smallest absolute Gasteiger partial charge is 0.320 e. The van der Waals surface area contributed by atoms with Crippen molar-refractivity contribution in [3.8, 4) is 0 Å². The SMILES string of the molecule is CCN(CC(C)C(=O)O)C(=O)N1CCN2C(=O)CCC2C1. The molecule has 2 heterocycles. The van der Waals surface area contributed by atoms with Crippen LogP contribution in [0.2, 0.25) is 0 Å². The Morgan fingerprint density at radius 1 is 1.43 bits per heavy atom. The van der Waals surface area contributed by atoms with Gasteiger partial charge in [-0.15, -0.1) is 0 Å². The first-order valence-corrected chi connectivity index (χ1v) is 7.50. The van der Waals surface area contributed by atoms with Crippen LogP contribution in [0, 0.1) is 5.92 Å². The molecule has 2 saturated heterocycles. The lowest BCUT2D eigenvalue weighted by molar-refractivity contribution is -0.141. The van der Waals surface area contributed by atoms with Gasteiger partial charge in [-0.3, -0.25) is 9.59 Å². The van der Waals surface area contributed by atoms with Crippen molar-refractivity contribution >= 4 is 17.9 Å². The van der Waals surface area contributed by atoms with Crippen LogP contribution in [0.3, 0.4) is 0 Å². The minimum Gasteiger partial charge on any atom is -0.481 e. The van der Waals surface area contributed by atoms with Crippen molar-refractivity contribution in [1.82, 2.24) is 14.7 Å². The van der Waals surface area contributed by atoms with Gasteiger partial charge in [-0.1, -0.05) is 6.92 Å². The number of nitrogens with zero attached hydrogens (tertiary/aromatic N) is 3. The van der Waals surface area contributed by atoms with Gasteiger partial charge in [0.05, 0.1) is 5.92 Å². The lowest BCUT2D eigenvalue weighted by Gasteiger charge is -2.39. The van der Waals surface area contributed by atoms with Crippen LogP contribution in [0.4, 0.5) is 4.79 Å². The van der Waals surface area contributed by atoms with Crippen LogP contribution in [-0.4, -0.2) is 76.5 Å². The van der Waals surface area contributed by atoms with Crippen LogP contribution in [0.1, 0.15) is 26.7 Å². The molecule has 2 unspecified atom stereocenters. The van der Waals surface area contributed by atoms with E-state index in [9.17, 15) is 14.4 Å². The molecule has 2 fully saturated rings. The lowest BCUT2D eigenvalue weighted by Crippen LogP contribution is -2.56. The topological polar surface area (TPSA) is 81.2 Å². The second-order valence-electron chi connectivity index (χ2n) is 5.79. The molecular weight excluding hydrogens is 274 g/mol. The second kappa shape index (κ2) is 6.32. The Morgan fingerprint density at radius 3 is 2.76 bits per heavy atom. The van der Waals surface area contributed by atoms with Crippen molar-refractivity contribution in [2.45, 2.75) is 32.7 Å². The molecule has 2 aliphatic rings. The first-order valence-electron chi connectivity index (χ1n) is 7.50. The van der Waals surface area contributed by atoms with Crippen LogP contribution in [0.5, 0.6) is 0 Å². The van der Waals surface area contributed by atoms with Gasteiger partial charge < -0.3 is 19.8 Å². The molecule has 0 saturated carbocycles. The summed E-state index contributed by atoms with van der Waals surface area (Å²) < 4.78 is 0. The molecule has 0 aromatic heterocycles. The monoisotopic (exact) mass is 297 g/mol. The first-order chi connectivity index (χ1) is 9.93. The Kier molecular flexibility index (Phi) is 4.69. The average molecular weight is 297 g/mol. The van der Waals surface area contributed by atoms with E-state index in [2.05, 4.69) is 0 Å². The Morgan fingerprint density at radius 2 is 2.14 bits per heavy atom. The van der Waals surface area contributed by atoms with Gasteiger partial charge in [-0.2, -0.15) is 0 Å². The number of hydrogen-bond donors (Lipinski definition) is 1. The van der Waals surface area contributed by atoms with Crippen molar-refractivity contribution in [2.75, 3.05) is 32.7 Å². The molecule has 3 amide bonds. The van der Waals surface area contributed by atoms with E-state index in [0.29, 0.717) is 32.6 Å². The van der Waals surface area contributed by atoms with E-state index in [-0.39, 0.29) is 24.5 Å². The molecule has 21 heavy (non-hydrogen) atoms. The van der Waals surface area contributed by atoms with Gasteiger partial charge in [0.15, 0.2) is 0 Å². The quantitative estimate of drug-likeness (QED) is 0.817. The molecule has 0 bridgehead atoms. The van der Waals surface area contributed by atoms with Gasteiger partial charge in [0.1, 0.15) is 0 Å². The Labute approximate surface area is 124 Å². The number of urea groups is 1. The summed E-state index contributed by atoms with van der Waals surface area (Å²) in [6.07, 6.45) is 1.38. The van der Waals surface area contributed by atoms with Crippen molar-refractivity contribution in [2.24, 2.45) is 5.92 Å². The number of hydrogen-bond acceptors (Lipinski definition) is 3. The van der Waals surface area contributed by atoms with E-state index >= 15 is 0 Å². The van der Waals surface area contributed by atoms with Crippen molar-refractivity contribution in [3.05, 3.63) is 0 Å². The highest BCUT2D eigenvalue weighted by molar-refractivity contribution is 5.80. The fourth-order valence-electron chi connectivity index (χ4n) is 2.99. The van der Waals surface area contributed by atoms with Crippen molar-refractivity contribution < 1.29 is 19.5 Å².